The van der Waals surface area contributed by atoms with Crippen LogP contribution in [0, 0.1) is 11.3 Å². The van der Waals surface area contributed by atoms with Crippen LogP contribution in [0.2, 0.25) is 0 Å². The lowest BCUT2D eigenvalue weighted by molar-refractivity contribution is 0.0422. The van der Waals surface area contributed by atoms with E-state index in [9.17, 15) is 0 Å². The number of hydrogen-bond acceptors (Lipinski definition) is 2. The number of nitriles is 1. The zero-order valence-electron chi connectivity index (χ0n) is 12.7. The van der Waals surface area contributed by atoms with Crippen molar-refractivity contribution in [2.24, 2.45) is 0 Å². The topological polar surface area (TPSA) is 33.0 Å². The van der Waals surface area contributed by atoms with Crippen molar-refractivity contribution in [3.8, 4) is 6.07 Å². The van der Waals surface area contributed by atoms with E-state index in [0.717, 1.165) is 18.4 Å². The van der Waals surface area contributed by atoms with Gasteiger partial charge in [0, 0.05) is 0 Å². The SMILES string of the molecule is C/C=C/C=C/COC1CCC(c2ccc(C#N)cc2)CC1. The molecule has 1 fully saturated rings. The van der Waals surface area contributed by atoms with Gasteiger partial charge in [-0.05, 0) is 56.2 Å². The van der Waals surface area contributed by atoms with Crippen LogP contribution in [0.1, 0.15) is 49.7 Å². The maximum absolute atomic E-state index is 8.83. The first-order chi connectivity index (χ1) is 10.3. The van der Waals surface area contributed by atoms with Gasteiger partial charge in [-0.25, -0.2) is 0 Å². The van der Waals surface area contributed by atoms with Crippen LogP contribution in [0.15, 0.2) is 48.6 Å². The van der Waals surface area contributed by atoms with Crippen LogP contribution < -0.4 is 0 Å². The molecule has 0 aromatic heterocycles. The number of ether oxygens (including phenoxy) is 1. The number of benzene rings is 1. The average Bonchev–Trinajstić information content (AvgIpc) is 2.55. The Morgan fingerprint density at radius 2 is 1.86 bits per heavy atom. The van der Waals surface area contributed by atoms with Crippen molar-refractivity contribution in [2.45, 2.75) is 44.6 Å². The molecule has 0 atom stereocenters. The summed E-state index contributed by atoms with van der Waals surface area (Å²) in [6.07, 6.45) is 13.1. The first-order valence-corrected chi connectivity index (χ1v) is 7.73. The monoisotopic (exact) mass is 281 g/mol. The molecule has 1 aromatic carbocycles. The Morgan fingerprint density at radius 3 is 2.48 bits per heavy atom. The molecule has 0 heterocycles. The van der Waals surface area contributed by atoms with Crippen molar-refractivity contribution < 1.29 is 4.74 Å². The molecule has 0 aliphatic heterocycles. The van der Waals surface area contributed by atoms with E-state index < -0.39 is 0 Å². The van der Waals surface area contributed by atoms with E-state index in [1.807, 2.05) is 37.3 Å². The molecule has 0 amide bonds. The molecule has 0 unspecified atom stereocenters. The average molecular weight is 281 g/mol. The molecule has 0 N–H and O–H groups in total. The maximum Gasteiger partial charge on any atom is 0.0991 e. The second kappa shape index (κ2) is 8.44. The Kier molecular flexibility index (Phi) is 6.24. The summed E-state index contributed by atoms with van der Waals surface area (Å²) in [5.74, 6) is 0.621. The van der Waals surface area contributed by atoms with Crippen LogP contribution in [0.5, 0.6) is 0 Å². The lowest BCUT2D eigenvalue weighted by Crippen LogP contribution is -2.20. The Labute approximate surface area is 127 Å². The predicted molar refractivity (Wildman–Crippen MR) is 86.1 cm³/mol. The van der Waals surface area contributed by atoms with E-state index in [0.29, 0.717) is 18.6 Å². The molecule has 1 aliphatic rings. The predicted octanol–water partition coefficient (Wildman–Crippen LogP) is 4.73. The second-order valence-electron chi connectivity index (χ2n) is 5.49. The van der Waals surface area contributed by atoms with Crippen LogP contribution in [-0.4, -0.2) is 12.7 Å². The van der Waals surface area contributed by atoms with Crippen molar-refractivity contribution in [1.82, 2.24) is 0 Å². The van der Waals surface area contributed by atoms with Crippen LogP contribution in [0.4, 0.5) is 0 Å². The maximum atomic E-state index is 8.83. The Morgan fingerprint density at radius 1 is 1.14 bits per heavy atom. The minimum absolute atomic E-state index is 0.398. The highest BCUT2D eigenvalue weighted by molar-refractivity contribution is 5.33. The molecule has 2 rings (SSSR count). The minimum atomic E-state index is 0.398. The Balaban J connectivity index is 1.76. The van der Waals surface area contributed by atoms with E-state index >= 15 is 0 Å². The van der Waals surface area contributed by atoms with Gasteiger partial charge in [0.2, 0.25) is 0 Å². The van der Waals surface area contributed by atoms with Crippen LogP contribution >= 0.6 is 0 Å². The van der Waals surface area contributed by atoms with Gasteiger partial charge >= 0.3 is 0 Å². The van der Waals surface area contributed by atoms with Crippen LogP contribution in [0.3, 0.4) is 0 Å². The number of rotatable bonds is 5. The molecule has 0 saturated heterocycles. The fourth-order valence-electron chi connectivity index (χ4n) is 2.83. The van der Waals surface area contributed by atoms with Gasteiger partial charge in [0.05, 0.1) is 24.3 Å². The van der Waals surface area contributed by atoms with Gasteiger partial charge in [0.15, 0.2) is 0 Å². The molecule has 0 bridgehead atoms. The van der Waals surface area contributed by atoms with Crippen molar-refractivity contribution in [2.75, 3.05) is 6.61 Å². The molecule has 1 aromatic rings. The summed E-state index contributed by atoms with van der Waals surface area (Å²) in [5.41, 5.74) is 2.10. The summed E-state index contributed by atoms with van der Waals surface area (Å²) in [6.45, 7) is 2.71. The second-order valence-corrected chi connectivity index (χ2v) is 5.49. The zero-order valence-corrected chi connectivity index (χ0v) is 12.7. The standard InChI is InChI=1S/C19H23NO/c1-2-3-4-5-14-21-19-12-10-18(11-13-19)17-8-6-16(15-20)7-9-17/h2-9,18-19H,10-14H2,1H3/b3-2+,5-4+. The first-order valence-electron chi connectivity index (χ1n) is 7.73. The number of nitrogens with zero attached hydrogens (tertiary/aromatic N) is 1. The van der Waals surface area contributed by atoms with E-state index in [-0.39, 0.29) is 0 Å². The Bertz CT molecular complexity index is 513. The van der Waals surface area contributed by atoms with Gasteiger partial charge in [0.25, 0.3) is 0 Å². The van der Waals surface area contributed by atoms with Crippen molar-refractivity contribution >= 4 is 0 Å². The van der Waals surface area contributed by atoms with Crippen LogP contribution in [0.25, 0.3) is 0 Å². The fraction of sp³-hybridized carbons (Fsp3) is 0.421. The van der Waals surface area contributed by atoms with Gasteiger partial charge in [0.1, 0.15) is 0 Å². The summed E-state index contributed by atoms with van der Waals surface area (Å²) >= 11 is 0. The summed E-state index contributed by atoms with van der Waals surface area (Å²) in [6, 6.07) is 10.2. The van der Waals surface area contributed by atoms with Gasteiger partial charge < -0.3 is 4.74 Å². The molecule has 0 spiro atoms. The third-order valence-electron chi connectivity index (χ3n) is 4.05. The number of allylic oxidation sites excluding steroid dienone is 3. The summed E-state index contributed by atoms with van der Waals surface area (Å²) in [4.78, 5) is 0. The van der Waals surface area contributed by atoms with E-state index in [1.165, 1.54) is 18.4 Å². The third kappa shape index (κ3) is 4.88. The highest BCUT2D eigenvalue weighted by Crippen LogP contribution is 2.34. The largest absolute Gasteiger partial charge is 0.374 e. The molecule has 110 valence electrons. The Hall–Kier alpha value is -1.85. The van der Waals surface area contributed by atoms with Gasteiger partial charge in [-0.1, -0.05) is 36.4 Å². The summed E-state index contributed by atoms with van der Waals surface area (Å²) in [5, 5.41) is 8.83. The third-order valence-corrected chi connectivity index (χ3v) is 4.05. The fourth-order valence-corrected chi connectivity index (χ4v) is 2.83. The normalized spacial score (nSPS) is 22.7. The van der Waals surface area contributed by atoms with E-state index in [4.69, 9.17) is 10.00 Å². The molecule has 21 heavy (non-hydrogen) atoms. The highest BCUT2D eigenvalue weighted by Gasteiger charge is 2.22. The molecule has 2 heteroatoms. The summed E-state index contributed by atoms with van der Waals surface area (Å²) < 4.78 is 5.89. The van der Waals surface area contributed by atoms with Gasteiger partial charge in [-0.2, -0.15) is 5.26 Å². The molecule has 0 radical (unpaired) electrons. The highest BCUT2D eigenvalue weighted by atomic mass is 16.5. The lowest BCUT2D eigenvalue weighted by Gasteiger charge is -2.28. The van der Waals surface area contributed by atoms with E-state index in [2.05, 4.69) is 24.3 Å². The van der Waals surface area contributed by atoms with Gasteiger partial charge in [-0.15, -0.1) is 0 Å². The first kappa shape index (κ1) is 15.5. The van der Waals surface area contributed by atoms with Crippen molar-refractivity contribution in [3.05, 3.63) is 59.7 Å². The quantitative estimate of drug-likeness (QED) is 0.731. The minimum Gasteiger partial charge on any atom is -0.374 e. The molecular formula is C19H23NO. The number of hydrogen-bond donors (Lipinski definition) is 0. The smallest absolute Gasteiger partial charge is 0.0991 e. The van der Waals surface area contributed by atoms with Gasteiger partial charge in [-0.3, -0.25) is 0 Å². The molecule has 2 nitrogen and oxygen atoms in total. The van der Waals surface area contributed by atoms with Crippen molar-refractivity contribution in [1.29, 1.82) is 5.26 Å². The molecular weight excluding hydrogens is 258 g/mol. The summed E-state index contributed by atoms with van der Waals surface area (Å²) in [7, 11) is 0. The van der Waals surface area contributed by atoms with Crippen molar-refractivity contribution in [3.63, 3.8) is 0 Å². The molecule has 1 saturated carbocycles. The molecule has 1 aliphatic carbocycles. The lowest BCUT2D eigenvalue weighted by atomic mass is 9.82. The zero-order chi connectivity index (χ0) is 14.9. The van der Waals surface area contributed by atoms with Crippen LogP contribution in [-0.2, 0) is 4.74 Å². The van der Waals surface area contributed by atoms with E-state index in [1.54, 1.807) is 0 Å².